The topological polar surface area (TPSA) is 89.5 Å². The summed E-state index contributed by atoms with van der Waals surface area (Å²) >= 11 is 0. The van der Waals surface area contributed by atoms with E-state index in [4.69, 9.17) is 4.74 Å². The van der Waals surface area contributed by atoms with E-state index in [2.05, 4.69) is 5.32 Å². The second-order valence-corrected chi connectivity index (χ2v) is 7.70. The van der Waals surface area contributed by atoms with E-state index in [1.165, 1.54) is 6.92 Å². The number of ketones is 1. The molecule has 1 aliphatic rings. The zero-order chi connectivity index (χ0) is 15.3. The van der Waals surface area contributed by atoms with Crippen LogP contribution in [0.15, 0.2) is 0 Å². The molecule has 0 bridgehead atoms. The lowest BCUT2D eigenvalue weighted by atomic mass is 10.0. The van der Waals surface area contributed by atoms with E-state index in [0.29, 0.717) is 13.0 Å². The highest BCUT2D eigenvalue weighted by atomic mass is 32.2. The van der Waals surface area contributed by atoms with Crippen LogP contribution in [0, 0.1) is 5.92 Å². The van der Waals surface area contributed by atoms with Crippen molar-refractivity contribution in [2.75, 3.05) is 18.1 Å². The van der Waals surface area contributed by atoms with E-state index in [1.54, 1.807) is 13.8 Å². The first-order valence-electron chi connectivity index (χ1n) is 6.83. The highest BCUT2D eigenvalue weighted by Crippen LogP contribution is 2.14. The molecule has 7 heteroatoms. The maximum atomic E-state index is 11.9. The second-order valence-electron chi connectivity index (χ2n) is 5.59. The Morgan fingerprint density at radius 1 is 1.35 bits per heavy atom. The number of ether oxygens (including phenoxy) is 1. The molecule has 1 aliphatic heterocycles. The van der Waals surface area contributed by atoms with Crippen LogP contribution in [-0.4, -0.2) is 50.4 Å². The number of sulfone groups is 1. The van der Waals surface area contributed by atoms with Crippen LogP contribution >= 0.6 is 0 Å². The molecule has 1 N–H and O–H groups in total. The van der Waals surface area contributed by atoms with Crippen molar-refractivity contribution in [2.45, 2.75) is 45.8 Å². The summed E-state index contributed by atoms with van der Waals surface area (Å²) in [5, 5.41) is 2.49. The summed E-state index contributed by atoms with van der Waals surface area (Å²) in [5.41, 5.74) is 0. The summed E-state index contributed by atoms with van der Waals surface area (Å²) in [4.78, 5) is 23.1. The fourth-order valence-corrected chi connectivity index (χ4v) is 3.70. The van der Waals surface area contributed by atoms with Crippen molar-refractivity contribution in [1.82, 2.24) is 5.32 Å². The molecule has 2 atom stereocenters. The lowest BCUT2D eigenvalue weighted by Crippen LogP contribution is -2.46. The van der Waals surface area contributed by atoms with Gasteiger partial charge < -0.3 is 10.1 Å². The minimum Gasteiger partial charge on any atom is -0.377 e. The molecule has 0 aliphatic carbocycles. The third kappa shape index (κ3) is 5.58. The molecule has 0 aromatic heterocycles. The monoisotopic (exact) mass is 305 g/mol. The third-order valence-electron chi connectivity index (χ3n) is 3.24. The number of hydrogen-bond donors (Lipinski definition) is 1. The summed E-state index contributed by atoms with van der Waals surface area (Å²) in [6.45, 7) is 5.55. The highest BCUT2D eigenvalue weighted by molar-refractivity contribution is 7.92. The molecule has 1 heterocycles. The Kier molecular flexibility index (Phi) is 6.13. The Morgan fingerprint density at radius 3 is 2.45 bits per heavy atom. The van der Waals surface area contributed by atoms with Crippen molar-refractivity contribution >= 4 is 21.5 Å². The van der Waals surface area contributed by atoms with Gasteiger partial charge in [-0.1, -0.05) is 13.8 Å². The van der Waals surface area contributed by atoms with Gasteiger partial charge in [0.2, 0.25) is 5.91 Å². The molecule has 1 rings (SSSR count). The fourth-order valence-electron chi connectivity index (χ4n) is 2.27. The number of Topliss-reactive ketones (excluding diaryl/α,β-unsaturated/α-hetero) is 1. The predicted octanol–water partition coefficient (Wildman–Crippen LogP) is 0.310. The van der Waals surface area contributed by atoms with Gasteiger partial charge in [0.05, 0.1) is 17.9 Å². The van der Waals surface area contributed by atoms with Crippen molar-refractivity contribution < 1.29 is 22.7 Å². The van der Waals surface area contributed by atoms with Crippen LogP contribution in [0.1, 0.15) is 33.6 Å². The van der Waals surface area contributed by atoms with Crippen LogP contribution in [0.3, 0.4) is 0 Å². The SMILES string of the molecule is CC(=O)C(NC(=O)CS(=O)(=O)CC1CCCO1)C(C)C. The van der Waals surface area contributed by atoms with E-state index in [1.807, 2.05) is 0 Å². The smallest absolute Gasteiger partial charge is 0.235 e. The zero-order valence-corrected chi connectivity index (χ0v) is 13.0. The van der Waals surface area contributed by atoms with Gasteiger partial charge in [0.15, 0.2) is 15.6 Å². The molecule has 20 heavy (non-hydrogen) atoms. The van der Waals surface area contributed by atoms with Gasteiger partial charge in [-0.2, -0.15) is 0 Å². The Hall–Kier alpha value is -0.950. The molecule has 0 radical (unpaired) electrons. The number of nitrogens with one attached hydrogen (secondary N) is 1. The average molecular weight is 305 g/mol. The molecule has 6 nitrogen and oxygen atoms in total. The fraction of sp³-hybridized carbons (Fsp3) is 0.846. The van der Waals surface area contributed by atoms with Crippen molar-refractivity contribution in [1.29, 1.82) is 0 Å². The average Bonchev–Trinajstić information content (AvgIpc) is 2.76. The summed E-state index contributed by atoms with van der Waals surface area (Å²) < 4.78 is 29.0. The molecule has 116 valence electrons. The molecule has 0 aromatic rings. The molecule has 0 aromatic carbocycles. The lowest BCUT2D eigenvalue weighted by molar-refractivity contribution is -0.126. The van der Waals surface area contributed by atoms with Gasteiger partial charge in [-0.15, -0.1) is 0 Å². The third-order valence-corrected chi connectivity index (χ3v) is 4.82. The zero-order valence-electron chi connectivity index (χ0n) is 12.2. The van der Waals surface area contributed by atoms with Gasteiger partial charge in [-0.05, 0) is 25.7 Å². The first kappa shape index (κ1) is 17.1. The highest BCUT2D eigenvalue weighted by Gasteiger charge is 2.27. The van der Waals surface area contributed by atoms with Crippen LogP contribution in [0.4, 0.5) is 0 Å². The maximum absolute atomic E-state index is 11.9. The van der Waals surface area contributed by atoms with Crippen molar-refractivity contribution in [3.05, 3.63) is 0 Å². The van der Waals surface area contributed by atoms with Gasteiger partial charge >= 0.3 is 0 Å². The van der Waals surface area contributed by atoms with Crippen molar-refractivity contribution in [3.8, 4) is 0 Å². The predicted molar refractivity (Wildman–Crippen MR) is 75.1 cm³/mol. The Labute approximate surface area is 120 Å². The Balaban J connectivity index is 2.53. The van der Waals surface area contributed by atoms with Gasteiger partial charge in [0.1, 0.15) is 5.75 Å². The van der Waals surface area contributed by atoms with Gasteiger partial charge in [-0.25, -0.2) is 8.42 Å². The second kappa shape index (κ2) is 7.17. The quantitative estimate of drug-likeness (QED) is 0.731. The Morgan fingerprint density at radius 2 is 2.00 bits per heavy atom. The van der Waals surface area contributed by atoms with Gasteiger partial charge in [0.25, 0.3) is 0 Å². The molecule has 1 fully saturated rings. The molecule has 2 unspecified atom stereocenters. The van der Waals surface area contributed by atoms with E-state index in [9.17, 15) is 18.0 Å². The summed E-state index contributed by atoms with van der Waals surface area (Å²) in [6, 6.07) is -0.638. The lowest BCUT2D eigenvalue weighted by Gasteiger charge is -2.19. The van der Waals surface area contributed by atoms with Crippen LogP contribution in [-0.2, 0) is 24.2 Å². The summed E-state index contributed by atoms with van der Waals surface area (Å²) in [5.74, 6) is -1.60. The molecule has 0 spiro atoms. The maximum Gasteiger partial charge on any atom is 0.235 e. The summed E-state index contributed by atoms with van der Waals surface area (Å²) in [7, 11) is -3.51. The van der Waals surface area contributed by atoms with Crippen LogP contribution in [0.2, 0.25) is 0 Å². The number of carbonyl (C=O) groups is 2. The molecule has 1 saturated heterocycles. The summed E-state index contributed by atoms with van der Waals surface area (Å²) in [6.07, 6.45) is 1.26. The van der Waals surface area contributed by atoms with Crippen LogP contribution in [0.25, 0.3) is 0 Å². The first-order chi connectivity index (χ1) is 9.21. The Bertz CT molecular complexity index is 451. The number of rotatable bonds is 7. The largest absolute Gasteiger partial charge is 0.377 e. The van der Waals surface area contributed by atoms with E-state index >= 15 is 0 Å². The molecular weight excluding hydrogens is 282 g/mol. The molecular formula is C13H23NO5S. The first-order valence-corrected chi connectivity index (χ1v) is 8.65. The van der Waals surface area contributed by atoms with Crippen LogP contribution in [0.5, 0.6) is 0 Å². The van der Waals surface area contributed by atoms with Gasteiger partial charge in [-0.3, -0.25) is 9.59 Å². The number of hydrogen-bond acceptors (Lipinski definition) is 5. The normalized spacial score (nSPS) is 20.9. The van der Waals surface area contributed by atoms with Crippen molar-refractivity contribution in [2.24, 2.45) is 5.92 Å². The molecule has 0 saturated carbocycles. The van der Waals surface area contributed by atoms with Crippen molar-refractivity contribution in [3.63, 3.8) is 0 Å². The minimum atomic E-state index is -3.51. The minimum absolute atomic E-state index is 0.0719. The number of amides is 1. The standard InChI is InChI=1S/C13H23NO5S/c1-9(2)13(10(3)15)14-12(16)8-20(17,18)7-11-5-4-6-19-11/h9,11,13H,4-8H2,1-3H3,(H,14,16). The number of carbonyl (C=O) groups excluding carboxylic acids is 2. The van der Waals surface area contributed by atoms with E-state index in [0.717, 1.165) is 6.42 Å². The van der Waals surface area contributed by atoms with Gasteiger partial charge in [0, 0.05) is 6.61 Å². The molecule has 1 amide bonds. The van der Waals surface area contributed by atoms with E-state index < -0.39 is 27.5 Å². The van der Waals surface area contributed by atoms with Crippen LogP contribution < -0.4 is 5.32 Å². The van der Waals surface area contributed by atoms with E-state index in [-0.39, 0.29) is 23.6 Å².